The smallest absolute Gasteiger partial charge is 0.308 e. The zero-order valence-corrected chi connectivity index (χ0v) is 9.00. The molecular weight excluding hydrogens is 168 g/mol. The van der Waals surface area contributed by atoms with Crippen molar-refractivity contribution in [3.05, 3.63) is 0 Å². The molecule has 1 atom stereocenters. The van der Waals surface area contributed by atoms with E-state index in [4.69, 9.17) is 9.47 Å². The number of carbonyl (C=O) groups is 1. The van der Waals surface area contributed by atoms with E-state index in [0.29, 0.717) is 6.61 Å². The maximum Gasteiger partial charge on any atom is 0.308 e. The standard InChI is InChI=1S/C10H20O3/c1-5-6-9(12-4)7-13-10(11)8(2)3/h8-9H,5-7H2,1-4H3. The van der Waals surface area contributed by atoms with Crippen molar-refractivity contribution in [3.63, 3.8) is 0 Å². The van der Waals surface area contributed by atoms with Gasteiger partial charge in [0.05, 0.1) is 12.0 Å². The molecule has 0 fully saturated rings. The van der Waals surface area contributed by atoms with Gasteiger partial charge in [0.15, 0.2) is 0 Å². The van der Waals surface area contributed by atoms with Crippen molar-refractivity contribution >= 4 is 5.97 Å². The predicted molar refractivity (Wildman–Crippen MR) is 51.5 cm³/mol. The summed E-state index contributed by atoms with van der Waals surface area (Å²) in [5.41, 5.74) is 0. The Morgan fingerprint density at radius 3 is 2.38 bits per heavy atom. The Hall–Kier alpha value is -0.570. The molecule has 0 amide bonds. The van der Waals surface area contributed by atoms with Crippen molar-refractivity contribution in [2.24, 2.45) is 5.92 Å². The molecule has 0 N–H and O–H groups in total. The van der Waals surface area contributed by atoms with Crippen molar-refractivity contribution in [1.29, 1.82) is 0 Å². The first kappa shape index (κ1) is 12.4. The average Bonchev–Trinajstić information content (AvgIpc) is 2.11. The highest BCUT2D eigenvalue weighted by atomic mass is 16.6. The van der Waals surface area contributed by atoms with Crippen molar-refractivity contribution in [2.75, 3.05) is 13.7 Å². The molecule has 13 heavy (non-hydrogen) atoms. The summed E-state index contributed by atoms with van der Waals surface area (Å²) in [5, 5.41) is 0. The normalized spacial score (nSPS) is 13.0. The van der Waals surface area contributed by atoms with E-state index >= 15 is 0 Å². The van der Waals surface area contributed by atoms with E-state index in [2.05, 4.69) is 6.92 Å². The lowest BCUT2D eigenvalue weighted by Crippen LogP contribution is -2.22. The van der Waals surface area contributed by atoms with Gasteiger partial charge in [-0.05, 0) is 6.42 Å². The molecule has 78 valence electrons. The average molecular weight is 188 g/mol. The maximum atomic E-state index is 11.1. The Bertz CT molecular complexity index is 143. The summed E-state index contributed by atoms with van der Waals surface area (Å²) in [6.45, 7) is 6.10. The van der Waals surface area contributed by atoms with Gasteiger partial charge >= 0.3 is 5.97 Å². The fraction of sp³-hybridized carbons (Fsp3) is 0.900. The summed E-state index contributed by atoms with van der Waals surface area (Å²) in [6.07, 6.45) is 2.02. The number of hydrogen-bond donors (Lipinski definition) is 0. The highest BCUT2D eigenvalue weighted by Crippen LogP contribution is 2.03. The van der Waals surface area contributed by atoms with Gasteiger partial charge in [-0.15, -0.1) is 0 Å². The zero-order chi connectivity index (χ0) is 10.3. The van der Waals surface area contributed by atoms with Gasteiger partial charge in [-0.3, -0.25) is 4.79 Å². The minimum Gasteiger partial charge on any atom is -0.463 e. The van der Waals surface area contributed by atoms with Gasteiger partial charge in [0, 0.05) is 7.11 Å². The zero-order valence-electron chi connectivity index (χ0n) is 9.00. The molecule has 0 aromatic rings. The minimum atomic E-state index is -0.154. The molecule has 0 aliphatic heterocycles. The number of carbonyl (C=O) groups excluding carboxylic acids is 1. The van der Waals surface area contributed by atoms with Crippen LogP contribution in [0.3, 0.4) is 0 Å². The third kappa shape index (κ3) is 5.64. The molecule has 0 bridgehead atoms. The van der Waals surface area contributed by atoms with Crippen LogP contribution in [0.25, 0.3) is 0 Å². The second kappa shape index (κ2) is 6.89. The predicted octanol–water partition coefficient (Wildman–Crippen LogP) is 2.00. The molecule has 0 aromatic carbocycles. The van der Waals surface area contributed by atoms with E-state index in [9.17, 15) is 4.79 Å². The van der Waals surface area contributed by atoms with Crippen molar-refractivity contribution in [3.8, 4) is 0 Å². The summed E-state index contributed by atoms with van der Waals surface area (Å²) in [6, 6.07) is 0. The summed E-state index contributed by atoms with van der Waals surface area (Å²) in [4.78, 5) is 11.1. The molecule has 0 spiro atoms. The second-order valence-electron chi connectivity index (χ2n) is 3.43. The monoisotopic (exact) mass is 188 g/mol. The van der Waals surface area contributed by atoms with Crippen molar-refractivity contribution in [2.45, 2.75) is 39.7 Å². The number of ether oxygens (including phenoxy) is 2. The van der Waals surface area contributed by atoms with Gasteiger partial charge in [-0.2, -0.15) is 0 Å². The molecule has 0 saturated heterocycles. The second-order valence-corrected chi connectivity index (χ2v) is 3.43. The highest BCUT2D eigenvalue weighted by Gasteiger charge is 2.12. The first-order chi connectivity index (χ1) is 6.11. The minimum absolute atomic E-state index is 0.0488. The summed E-state index contributed by atoms with van der Waals surface area (Å²) < 4.78 is 10.2. The van der Waals surface area contributed by atoms with E-state index in [1.54, 1.807) is 7.11 Å². The lowest BCUT2D eigenvalue weighted by molar-refractivity contribution is -0.151. The third-order valence-corrected chi connectivity index (χ3v) is 1.83. The van der Waals surface area contributed by atoms with Crippen LogP contribution in [0.5, 0.6) is 0 Å². The summed E-state index contributed by atoms with van der Waals surface area (Å²) in [5.74, 6) is -0.211. The van der Waals surface area contributed by atoms with Crippen LogP contribution in [0.15, 0.2) is 0 Å². The molecular formula is C10H20O3. The molecule has 0 heterocycles. The van der Waals surface area contributed by atoms with E-state index in [-0.39, 0.29) is 18.0 Å². The van der Waals surface area contributed by atoms with Crippen LogP contribution in [0.4, 0.5) is 0 Å². The first-order valence-electron chi connectivity index (χ1n) is 4.81. The Morgan fingerprint density at radius 1 is 1.38 bits per heavy atom. The van der Waals surface area contributed by atoms with E-state index in [1.807, 2.05) is 13.8 Å². The van der Waals surface area contributed by atoms with Gasteiger partial charge in [0.1, 0.15) is 6.61 Å². The van der Waals surface area contributed by atoms with E-state index in [1.165, 1.54) is 0 Å². The van der Waals surface area contributed by atoms with Crippen molar-refractivity contribution in [1.82, 2.24) is 0 Å². The number of rotatable bonds is 6. The number of hydrogen-bond acceptors (Lipinski definition) is 3. The summed E-state index contributed by atoms with van der Waals surface area (Å²) in [7, 11) is 1.64. The number of esters is 1. The van der Waals surface area contributed by atoms with Gasteiger partial charge in [0.2, 0.25) is 0 Å². The SMILES string of the molecule is CCCC(COC(=O)C(C)C)OC. The fourth-order valence-electron chi connectivity index (χ4n) is 0.933. The van der Waals surface area contributed by atoms with Crippen LogP contribution >= 0.6 is 0 Å². The lowest BCUT2D eigenvalue weighted by Gasteiger charge is -2.15. The molecule has 0 rings (SSSR count). The molecule has 0 aromatic heterocycles. The Morgan fingerprint density at radius 2 is 2.00 bits per heavy atom. The van der Waals surface area contributed by atoms with Crippen LogP contribution in [-0.4, -0.2) is 25.8 Å². The summed E-state index contributed by atoms with van der Waals surface area (Å²) >= 11 is 0. The molecule has 0 aliphatic carbocycles. The third-order valence-electron chi connectivity index (χ3n) is 1.83. The molecule has 0 radical (unpaired) electrons. The molecule has 3 heteroatoms. The Labute approximate surface area is 80.4 Å². The molecule has 0 aliphatic rings. The fourth-order valence-corrected chi connectivity index (χ4v) is 0.933. The quantitative estimate of drug-likeness (QED) is 0.598. The van der Waals surface area contributed by atoms with Gasteiger partial charge in [-0.25, -0.2) is 0 Å². The van der Waals surface area contributed by atoms with E-state index < -0.39 is 0 Å². The Balaban J connectivity index is 3.65. The topological polar surface area (TPSA) is 35.5 Å². The molecule has 0 saturated carbocycles. The van der Waals surface area contributed by atoms with Gasteiger partial charge in [0.25, 0.3) is 0 Å². The van der Waals surface area contributed by atoms with Gasteiger partial charge < -0.3 is 9.47 Å². The molecule has 3 nitrogen and oxygen atoms in total. The number of methoxy groups -OCH3 is 1. The van der Waals surface area contributed by atoms with E-state index in [0.717, 1.165) is 12.8 Å². The van der Waals surface area contributed by atoms with Crippen LogP contribution in [-0.2, 0) is 14.3 Å². The lowest BCUT2D eigenvalue weighted by atomic mass is 10.2. The van der Waals surface area contributed by atoms with Crippen LogP contribution in [0.2, 0.25) is 0 Å². The first-order valence-corrected chi connectivity index (χ1v) is 4.81. The largest absolute Gasteiger partial charge is 0.463 e. The van der Waals surface area contributed by atoms with Crippen molar-refractivity contribution < 1.29 is 14.3 Å². The maximum absolute atomic E-state index is 11.1. The van der Waals surface area contributed by atoms with Crippen LogP contribution in [0, 0.1) is 5.92 Å². The van der Waals surface area contributed by atoms with Gasteiger partial charge in [-0.1, -0.05) is 27.2 Å². The van der Waals surface area contributed by atoms with Crippen LogP contribution < -0.4 is 0 Å². The Kier molecular flexibility index (Phi) is 6.59. The molecule has 1 unspecified atom stereocenters. The van der Waals surface area contributed by atoms with Crippen LogP contribution in [0.1, 0.15) is 33.6 Å². The highest BCUT2D eigenvalue weighted by molar-refractivity contribution is 5.71.